The minimum Gasteiger partial charge on any atom is -0.492 e. The van der Waals surface area contributed by atoms with Gasteiger partial charge in [0.15, 0.2) is 5.82 Å². The smallest absolute Gasteiger partial charge is 0.187 e. The summed E-state index contributed by atoms with van der Waals surface area (Å²) in [5.41, 5.74) is 7.19. The fourth-order valence-corrected chi connectivity index (χ4v) is 5.48. The summed E-state index contributed by atoms with van der Waals surface area (Å²) in [5, 5.41) is 10.4. The van der Waals surface area contributed by atoms with Crippen LogP contribution in [0.2, 0.25) is 0 Å². The molecule has 3 aliphatic rings. The van der Waals surface area contributed by atoms with Gasteiger partial charge in [-0.3, -0.25) is 4.57 Å². The van der Waals surface area contributed by atoms with Crippen molar-refractivity contribution in [2.45, 2.75) is 44.6 Å². The molecule has 2 N–H and O–H groups in total. The Bertz CT molecular complexity index is 971. The predicted molar refractivity (Wildman–Crippen MR) is 105 cm³/mol. The first-order chi connectivity index (χ1) is 13.1. The van der Waals surface area contributed by atoms with Gasteiger partial charge in [-0.25, -0.2) is 4.98 Å². The van der Waals surface area contributed by atoms with Gasteiger partial charge in [-0.15, -0.1) is 21.5 Å². The van der Waals surface area contributed by atoms with Gasteiger partial charge in [0.1, 0.15) is 22.3 Å². The standard InChI is InChI=1S/C20H23N5OS/c1-3-26-14-5-6-16(22-11-14)18-23-24-19(20-8-13(9-20)15(21)10-20)25(18)17-7-4-12(2)27-17/h4-7,11,13,15H,3,8-10,21H2,1-2H3. The highest BCUT2D eigenvalue weighted by atomic mass is 32.1. The number of rotatable bonds is 5. The second-order valence-corrected chi connectivity index (χ2v) is 8.96. The number of nitrogens with two attached hydrogens (primary N) is 1. The Kier molecular flexibility index (Phi) is 3.84. The van der Waals surface area contributed by atoms with E-state index in [2.05, 4.69) is 38.8 Å². The number of pyridine rings is 1. The van der Waals surface area contributed by atoms with E-state index < -0.39 is 0 Å². The van der Waals surface area contributed by atoms with Crippen molar-refractivity contribution >= 4 is 11.3 Å². The minimum atomic E-state index is 0.0679. The molecular weight excluding hydrogens is 358 g/mol. The lowest BCUT2D eigenvalue weighted by Gasteiger charge is -2.37. The molecule has 3 fully saturated rings. The third-order valence-electron chi connectivity index (χ3n) is 5.90. The van der Waals surface area contributed by atoms with Crippen molar-refractivity contribution < 1.29 is 4.74 Å². The lowest BCUT2D eigenvalue weighted by molar-refractivity contribution is 0.223. The van der Waals surface area contributed by atoms with E-state index >= 15 is 0 Å². The van der Waals surface area contributed by atoms with Gasteiger partial charge >= 0.3 is 0 Å². The molecule has 0 amide bonds. The van der Waals surface area contributed by atoms with Crippen molar-refractivity contribution in [2.24, 2.45) is 11.7 Å². The molecule has 7 heteroatoms. The first kappa shape index (κ1) is 16.9. The number of hydrogen-bond acceptors (Lipinski definition) is 6. The Morgan fingerprint density at radius 2 is 2.07 bits per heavy atom. The van der Waals surface area contributed by atoms with E-state index in [4.69, 9.17) is 10.5 Å². The molecule has 0 spiro atoms. The van der Waals surface area contributed by atoms with Gasteiger partial charge in [-0.2, -0.15) is 0 Å². The summed E-state index contributed by atoms with van der Waals surface area (Å²) in [7, 11) is 0. The van der Waals surface area contributed by atoms with Crippen molar-refractivity contribution in [3.8, 4) is 22.3 Å². The van der Waals surface area contributed by atoms with Crippen molar-refractivity contribution in [2.75, 3.05) is 6.61 Å². The first-order valence-electron chi connectivity index (χ1n) is 9.47. The van der Waals surface area contributed by atoms with Crippen LogP contribution >= 0.6 is 11.3 Å². The highest BCUT2D eigenvalue weighted by Gasteiger charge is 2.58. The monoisotopic (exact) mass is 381 g/mol. The largest absolute Gasteiger partial charge is 0.492 e. The summed E-state index contributed by atoms with van der Waals surface area (Å²) in [4.78, 5) is 5.85. The van der Waals surface area contributed by atoms with Crippen molar-refractivity contribution in [1.82, 2.24) is 19.7 Å². The molecule has 27 heavy (non-hydrogen) atoms. The summed E-state index contributed by atoms with van der Waals surface area (Å²) >= 11 is 1.75. The van der Waals surface area contributed by atoms with E-state index in [0.717, 1.165) is 47.4 Å². The Morgan fingerprint density at radius 1 is 1.22 bits per heavy atom. The molecule has 3 aliphatic carbocycles. The number of nitrogens with zero attached hydrogens (tertiary/aromatic N) is 4. The van der Waals surface area contributed by atoms with Crippen LogP contribution in [0.25, 0.3) is 16.5 Å². The molecule has 3 heterocycles. The quantitative estimate of drug-likeness (QED) is 0.732. The molecule has 3 aromatic heterocycles. The molecule has 0 aliphatic heterocycles. The van der Waals surface area contributed by atoms with Crippen LogP contribution in [0.15, 0.2) is 30.5 Å². The summed E-state index contributed by atoms with van der Waals surface area (Å²) in [6, 6.07) is 8.46. The van der Waals surface area contributed by atoms with Crippen LogP contribution in [0.5, 0.6) is 5.75 Å². The van der Waals surface area contributed by atoms with Gasteiger partial charge in [0.05, 0.1) is 12.8 Å². The Hall–Kier alpha value is -2.25. The zero-order valence-corrected chi connectivity index (χ0v) is 16.4. The van der Waals surface area contributed by atoms with E-state index in [0.29, 0.717) is 12.5 Å². The lowest BCUT2D eigenvalue weighted by atomic mass is 9.69. The van der Waals surface area contributed by atoms with Gasteiger partial charge < -0.3 is 10.5 Å². The van der Waals surface area contributed by atoms with E-state index in [9.17, 15) is 0 Å². The van der Waals surface area contributed by atoms with Crippen LogP contribution in [-0.2, 0) is 5.41 Å². The maximum absolute atomic E-state index is 6.32. The number of fused-ring (bicyclic) bond motifs is 1. The van der Waals surface area contributed by atoms with Crippen LogP contribution in [-0.4, -0.2) is 32.4 Å². The molecule has 6 rings (SSSR count). The minimum absolute atomic E-state index is 0.0679. The van der Waals surface area contributed by atoms with Gasteiger partial charge in [0.25, 0.3) is 0 Å². The highest BCUT2D eigenvalue weighted by molar-refractivity contribution is 7.14. The number of hydrogen-bond donors (Lipinski definition) is 1. The second kappa shape index (κ2) is 6.14. The van der Waals surface area contributed by atoms with Crippen LogP contribution in [0.1, 0.15) is 36.9 Å². The first-order valence-corrected chi connectivity index (χ1v) is 10.3. The molecule has 140 valence electrons. The third-order valence-corrected chi connectivity index (χ3v) is 6.88. The van der Waals surface area contributed by atoms with Crippen LogP contribution in [0, 0.1) is 12.8 Å². The number of aryl methyl sites for hydroxylation is 1. The Labute approximate surface area is 162 Å². The van der Waals surface area contributed by atoms with Gasteiger partial charge in [-0.05, 0) is 63.3 Å². The molecule has 0 radical (unpaired) electrons. The number of ether oxygens (including phenoxy) is 1. The lowest BCUT2D eigenvalue weighted by Crippen LogP contribution is -2.36. The van der Waals surface area contributed by atoms with Gasteiger partial charge in [0, 0.05) is 16.3 Å². The molecule has 3 saturated carbocycles. The summed E-state index contributed by atoms with van der Waals surface area (Å²) in [6.45, 7) is 4.71. The fourth-order valence-electron chi connectivity index (χ4n) is 4.61. The van der Waals surface area contributed by atoms with E-state index in [1.807, 2.05) is 19.1 Å². The Balaban J connectivity index is 1.62. The van der Waals surface area contributed by atoms with Crippen LogP contribution in [0.3, 0.4) is 0 Å². The van der Waals surface area contributed by atoms with Gasteiger partial charge in [0.2, 0.25) is 0 Å². The summed E-state index contributed by atoms with van der Waals surface area (Å²) in [6.07, 6.45) is 4.98. The molecule has 0 saturated heterocycles. The van der Waals surface area contributed by atoms with E-state index in [1.165, 1.54) is 4.88 Å². The molecule has 2 bridgehead atoms. The molecule has 3 aromatic rings. The fraction of sp³-hybridized carbons (Fsp3) is 0.450. The zero-order valence-electron chi connectivity index (χ0n) is 15.6. The van der Waals surface area contributed by atoms with Gasteiger partial charge in [-0.1, -0.05) is 0 Å². The second-order valence-electron chi connectivity index (χ2n) is 7.70. The van der Waals surface area contributed by atoms with Crippen LogP contribution in [0.4, 0.5) is 0 Å². The zero-order chi connectivity index (χ0) is 18.6. The Morgan fingerprint density at radius 3 is 2.67 bits per heavy atom. The van der Waals surface area contributed by atoms with Crippen molar-refractivity contribution in [3.05, 3.63) is 41.2 Å². The average molecular weight is 382 g/mol. The molecule has 1 unspecified atom stereocenters. The van der Waals surface area contributed by atoms with Crippen molar-refractivity contribution in [1.29, 1.82) is 0 Å². The van der Waals surface area contributed by atoms with E-state index in [1.54, 1.807) is 17.5 Å². The van der Waals surface area contributed by atoms with Crippen LogP contribution < -0.4 is 10.5 Å². The molecule has 0 aromatic carbocycles. The normalized spacial score (nSPS) is 26.2. The van der Waals surface area contributed by atoms with E-state index in [-0.39, 0.29) is 11.5 Å². The summed E-state index contributed by atoms with van der Waals surface area (Å²) < 4.78 is 7.72. The topological polar surface area (TPSA) is 78.9 Å². The predicted octanol–water partition coefficient (Wildman–Crippen LogP) is 3.48. The average Bonchev–Trinajstić information content (AvgIpc) is 3.36. The van der Waals surface area contributed by atoms with Crippen molar-refractivity contribution in [3.63, 3.8) is 0 Å². The highest BCUT2D eigenvalue weighted by Crippen LogP contribution is 2.59. The number of thiophene rings is 1. The molecule has 1 atom stereocenters. The molecule has 6 nitrogen and oxygen atoms in total. The maximum atomic E-state index is 6.32. The number of aromatic nitrogens is 4. The third kappa shape index (κ3) is 2.60. The molecular formula is C20H23N5OS. The SMILES string of the molecule is CCOc1ccc(-c2nnc(C34CC(N)C(C3)C4)n2-c2ccc(C)s2)nc1. The maximum Gasteiger partial charge on any atom is 0.187 e. The summed E-state index contributed by atoms with van der Waals surface area (Å²) in [5.74, 6) is 3.22.